The summed E-state index contributed by atoms with van der Waals surface area (Å²) in [6.45, 7) is 2.10. The molecule has 0 atom stereocenters. The van der Waals surface area contributed by atoms with Crippen LogP contribution in [0.1, 0.15) is 21.5 Å². The zero-order valence-corrected chi connectivity index (χ0v) is 17.0. The third kappa shape index (κ3) is 3.17. The molecule has 5 aromatic rings. The minimum absolute atomic E-state index is 0.216. The van der Waals surface area contributed by atoms with Gasteiger partial charge < -0.3 is 10.3 Å². The van der Waals surface area contributed by atoms with Crippen LogP contribution in [0.3, 0.4) is 0 Å². The van der Waals surface area contributed by atoms with E-state index in [0.717, 1.165) is 32.9 Å². The number of rotatable bonds is 4. The first-order chi connectivity index (χ1) is 15.0. The monoisotopic (exact) mass is 407 g/mol. The number of halogens is 1. The molecule has 5 rings (SSSR count). The van der Waals surface area contributed by atoms with Gasteiger partial charge in [-0.3, -0.25) is 4.79 Å². The van der Waals surface area contributed by atoms with E-state index in [4.69, 9.17) is 5.73 Å². The van der Waals surface area contributed by atoms with Gasteiger partial charge in [0.05, 0.1) is 17.6 Å². The van der Waals surface area contributed by atoms with Crippen molar-refractivity contribution in [3.8, 4) is 11.1 Å². The van der Waals surface area contributed by atoms with Gasteiger partial charge in [-0.15, -0.1) is 0 Å². The zero-order chi connectivity index (χ0) is 21.5. The van der Waals surface area contributed by atoms with E-state index in [9.17, 15) is 9.18 Å². The summed E-state index contributed by atoms with van der Waals surface area (Å²) in [6, 6.07) is 28.3. The summed E-state index contributed by atoms with van der Waals surface area (Å²) in [5.74, 6) is -0.710. The van der Waals surface area contributed by atoms with Gasteiger partial charge in [-0.25, -0.2) is 4.39 Å². The fourth-order valence-electron chi connectivity index (χ4n) is 4.23. The Morgan fingerprint density at radius 3 is 2.52 bits per heavy atom. The van der Waals surface area contributed by atoms with Crippen molar-refractivity contribution in [3.05, 3.63) is 107 Å². The molecule has 151 valence electrons. The first kappa shape index (κ1) is 19.1. The van der Waals surface area contributed by atoms with Crippen LogP contribution in [-0.4, -0.2) is 10.5 Å². The van der Waals surface area contributed by atoms with E-state index in [1.165, 1.54) is 0 Å². The van der Waals surface area contributed by atoms with Crippen molar-refractivity contribution in [1.82, 2.24) is 4.57 Å². The molecule has 0 fully saturated rings. The van der Waals surface area contributed by atoms with Gasteiger partial charge in [-0.05, 0) is 53.9 Å². The van der Waals surface area contributed by atoms with Crippen LogP contribution in [0.5, 0.6) is 0 Å². The van der Waals surface area contributed by atoms with Crippen molar-refractivity contribution in [2.45, 2.75) is 13.5 Å². The van der Waals surface area contributed by atoms with E-state index >= 15 is 0 Å². The van der Waals surface area contributed by atoms with Crippen molar-refractivity contribution in [2.24, 2.45) is 5.73 Å². The predicted molar refractivity (Wildman–Crippen MR) is 122 cm³/mol. The highest BCUT2D eigenvalue weighted by atomic mass is 19.1. The Bertz CT molecular complexity index is 1450. The standard InChI is InChI=1S/C27H20FN2O/c1-17-7-5-10-20(26(17)28)16-30-23-12-6-11-22(27(29)31)25(23)21-14-13-19(15-24(21)30)18-8-3-2-4-9-18/h2-13,15H,16H2,1H3,(H2,29,31). The molecule has 0 aliphatic heterocycles. The van der Waals surface area contributed by atoms with E-state index in [-0.39, 0.29) is 5.82 Å². The Kier molecular flexibility index (Phi) is 4.55. The molecule has 0 saturated carbocycles. The molecule has 2 N–H and O–H groups in total. The Labute approximate surface area is 179 Å². The smallest absolute Gasteiger partial charge is 0.249 e. The number of carbonyl (C=O) groups is 1. The van der Waals surface area contributed by atoms with Gasteiger partial charge in [0.15, 0.2) is 0 Å². The number of fused-ring (bicyclic) bond motifs is 3. The maximum atomic E-state index is 14.9. The van der Waals surface area contributed by atoms with E-state index < -0.39 is 5.91 Å². The fraction of sp³-hybridized carbons (Fsp3) is 0.0741. The number of amides is 1. The molecule has 0 bridgehead atoms. The molecule has 0 saturated heterocycles. The number of aromatic nitrogens is 1. The number of benzene rings is 4. The van der Waals surface area contributed by atoms with Crippen LogP contribution in [0.4, 0.5) is 4.39 Å². The maximum absolute atomic E-state index is 14.9. The molecule has 31 heavy (non-hydrogen) atoms. The number of hydrogen-bond acceptors (Lipinski definition) is 1. The van der Waals surface area contributed by atoms with Gasteiger partial charge in [0.2, 0.25) is 5.91 Å². The summed E-state index contributed by atoms with van der Waals surface area (Å²) in [5, 5.41) is 1.55. The third-order valence-corrected chi connectivity index (χ3v) is 5.77. The van der Waals surface area contributed by atoms with Gasteiger partial charge in [0.1, 0.15) is 5.82 Å². The molecular formula is C27H20FN2O. The lowest BCUT2D eigenvalue weighted by Crippen LogP contribution is -2.11. The molecule has 4 aromatic carbocycles. The minimum atomic E-state index is -0.494. The summed E-state index contributed by atoms with van der Waals surface area (Å²) in [4.78, 5) is 12.2. The van der Waals surface area contributed by atoms with Crippen molar-refractivity contribution < 1.29 is 9.18 Å². The first-order valence-electron chi connectivity index (χ1n) is 10.1. The average Bonchev–Trinajstić information content (AvgIpc) is 3.10. The number of hydrogen-bond donors (Lipinski definition) is 1. The van der Waals surface area contributed by atoms with Crippen molar-refractivity contribution >= 4 is 27.7 Å². The lowest BCUT2D eigenvalue weighted by atomic mass is 10.0. The molecule has 0 unspecified atom stereocenters. The lowest BCUT2D eigenvalue weighted by Gasteiger charge is -2.11. The Balaban J connectivity index is 1.83. The van der Waals surface area contributed by atoms with Crippen LogP contribution in [-0.2, 0) is 6.54 Å². The predicted octanol–water partition coefficient (Wildman–Crippen LogP) is 5.86. The van der Waals surface area contributed by atoms with E-state index in [0.29, 0.717) is 23.2 Å². The second kappa shape index (κ2) is 7.40. The minimum Gasteiger partial charge on any atom is -0.366 e. The van der Waals surface area contributed by atoms with Gasteiger partial charge in [0, 0.05) is 21.9 Å². The van der Waals surface area contributed by atoms with Crippen molar-refractivity contribution in [1.29, 1.82) is 0 Å². The van der Waals surface area contributed by atoms with Crippen LogP contribution in [0.2, 0.25) is 0 Å². The van der Waals surface area contributed by atoms with Crippen LogP contribution in [0.15, 0.2) is 78.9 Å². The topological polar surface area (TPSA) is 48.0 Å². The fourth-order valence-corrected chi connectivity index (χ4v) is 4.23. The lowest BCUT2D eigenvalue weighted by molar-refractivity contribution is 0.100. The van der Waals surface area contributed by atoms with Crippen molar-refractivity contribution in [3.63, 3.8) is 0 Å². The van der Waals surface area contributed by atoms with Crippen LogP contribution in [0.25, 0.3) is 32.9 Å². The molecule has 3 nitrogen and oxygen atoms in total. The molecular weight excluding hydrogens is 387 g/mol. The van der Waals surface area contributed by atoms with Gasteiger partial charge in [0.25, 0.3) is 0 Å². The molecule has 0 aliphatic rings. The van der Waals surface area contributed by atoms with Gasteiger partial charge in [-0.2, -0.15) is 0 Å². The van der Waals surface area contributed by atoms with Crippen molar-refractivity contribution in [2.75, 3.05) is 0 Å². The van der Waals surface area contributed by atoms with Crippen LogP contribution >= 0.6 is 0 Å². The van der Waals surface area contributed by atoms with Gasteiger partial charge in [-0.1, -0.05) is 54.6 Å². The Hall–Kier alpha value is -3.92. The molecule has 1 aromatic heterocycles. The van der Waals surface area contributed by atoms with E-state index in [1.807, 2.05) is 59.2 Å². The van der Waals surface area contributed by atoms with E-state index in [2.05, 4.69) is 12.1 Å². The SMILES string of the molecule is Cc1cccc(Cn2c3cc(-c4ccccc4)c[c]c3c3c(C(N)=O)cccc32)c1F. The number of nitrogens with two attached hydrogens (primary N) is 1. The number of carbonyl (C=O) groups excluding carboxylic acids is 1. The average molecular weight is 407 g/mol. The second-order valence-electron chi connectivity index (χ2n) is 7.71. The summed E-state index contributed by atoms with van der Waals surface area (Å²) < 4.78 is 16.9. The highest BCUT2D eigenvalue weighted by Gasteiger charge is 2.18. The van der Waals surface area contributed by atoms with Gasteiger partial charge >= 0.3 is 0 Å². The Morgan fingerprint density at radius 2 is 1.74 bits per heavy atom. The zero-order valence-electron chi connectivity index (χ0n) is 17.0. The van der Waals surface area contributed by atoms with E-state index in [1.54, 1.807) is 25.1 Å². The Morgan fingerprint density at radius 1 is 0.968 bits per heavy atom. The summed E-state index contributed by atoms with van der Waals surface area (Å²) in [6.07, 6.45) is 0. The molecule has 1 radical (unpaired) electrons. The number of aryl methyl sites for hydroxylation is 1. The second-order valence-corrected chi connectivity index (χ2v) is 7.71. The summed E-state index contributed by atoms with van der Waals surface area (Å²) >= 11 is 0. The first-order valence-corrected chi connectivity index (χ1v) is 10.1. The quantitative estimate of drug-likeness (QED) is 0.399. The molecule has 0 spiro atoms. The molecule has 1 amide bonds. The molecule has 0 aliphatic carbocycles. The summed E-state index contributed by atoms with van der Waals surface area (Å²) in [5.41, 5.74) is 11.1. The highest BCUT2D eigenvalue weighted by Crippen LogP contribution is 2.35. The third-order valence-electron chi connectivity index (χ3n) is 5.77. The largest absolute Gasteiger partial charge is 0.366 e. The highest BCUT2D eigenvalue weighted by molar-refractivity contribution is 6.18. The molecule has 1 heterocycles. The number of nitrogens with zero attached hydrogens (tertiary/aromatic N) is 1. The normalized spacial score (nSPS) is 11.3. The summed E-state index contributed by atoms with van der Waals surface area (Å²) in [7, 11) is 0. The van der Waals surface area contributed by atoms with Crippen LogP contribution < -0.4 is 5.73 Å². The number of primary amides is 1. The molecule has 4 heteroatoms. The van der Waals surface area contributed by atoms with Crippen LogP contribution in [0, 0.1) is 18.8 Å². The maximum Gasteiger partial charge on any atom is 0.249 e.